The molecule has 0 radical (unpaired) electrons. The second kappa shape index (κ2) is 8.61. The fourth-order valence-corrected chi connectivity index (χ4v) is 2.86. The fraction of sp³-hybridized carbons (Fsp3) is 0.273. The molecule has 28 heavy (non-hydrogen) atoms. The summed E-state index contributed by atoms with van der Waals surface area (Å²) in [4.78, 5) is 14.3. The third-order valence-corrected chi connectivity index (χ3v) is 4.60. The van der Waals surface area contributed by atoms with Crippen molar-refractivity contribution in [2.45, 2.75) is 13.3 Å². The van der Waals surface area contributed by atoms with Crippen molar-refractivity contribution < 1.29 is 18.8 Å². The predicted molar refractivity (Wildman–Crippen MR) is 107 cm³/mol. The van der Waals surface area contributed by atoms with Crippen molar-refractivity contribution >= 4 is 5.91 Å². The Morgan fingerprint density at radius 2 is 1.75 bits per heavy atom. The standard InChI is InChI=1S/C22H24N2O4/c1-15-5-8-17(9-6-15)18-14-21(28-23-18)22(25)24(2)12-11-16-7-10-19(26-3)20(13-16)27-4/h5-10,13-14H,11-12H2,1-4H3. The third-order valence-electron chi connectivity index (χ3n) is 4.60. The van der Waals surface area contributed by atoms with Crippen LogP contribution < -0.4 is 9.47 Å². The minimum atomic E-state index is -0.202. The molecular weight excluding hydrogens is 356 g/mol. The molecule has 0 N–H and O–H groups in total. The molecule has 0 fully saturated rings. The van der Waals surface area contributed by atoms with Gasteiger partial charge in [-0.1, -0.05) is 41.1 Å². The molecule has 6 heteroatoms. The van der Waals surface area contributed by atoms with Gasteiger partial charge < -0.3 is 18.9 Å². The number of ether oxygens (including phenoxy) is 2. The molecule has 0 bridgehead atoms. The average Bonchev–Trinajstić information content (AvgIpc) is 3.21. The number of aryl methyl sites for hydroxylation is 1. The Bertz CT molecular complexity index is 947. The molecule has 1 amide bonds. The summed E-state index contributed by atoms with van der Waals surface area (Å²) in [6.45, 7) is 2.56. The van der Waals surface area contributed by atoms with Crippen LogP contribution in [0.4, 0.5) is 0 Å². The van der Waals surface area contributed by atoms with Crippen LogP contribution in [0, 0.1) is 6.92 Å². The highest BCUT2D eigenvalue weighted by Crippen LogP contribution is 2.27. The number of carbonyl (C=O) groups is 1. The quantitative estimate of drug-likeness (QED) is 0.620. The number of hydrogen-bond acceptors (Lipinski definition) is 5. The van der Waals surface area contributed by atoms with Crippen molar-refractivity contribution in [1.29, 1.82) is 0 Å². The van der Waals surface area contributed by atoms with E-state index in [0.29, 0.717) is 30.2 Å². The highest BCUT2D eigenvalue weighted by atomic mass is 16.5. The van der Waals surface area contributed by atoms with Crippen molar-refractivity contribution in [2.24, 2.45) is 0 Å². The van der Waals surface area contributed by atoms with Gasteiger partial charge in [-0.15, -0.1) is 0 Å². The van der Waals surface area contributed by atoms with Crippen molar-refractivity contribution in [3.63, 3.8) is 0 Å². The maximum absolute atomic E-state index is 12.6. The lowest BCUT2D eigenvalue weighted by Gasteiger charge is -2.16. The van der Waals surface area contributed by atoms with Crippen LogP contribution in [0.5, 0.6) is 11.5 Å². The molecule has 0 aliphatic rings. The number of benzene rings is 2. The van der Waals surface area contributed by atoms with E-state index in [4.69, 9.17) is 14.0 Å². The summed E-state index contributed by atoms with van der Waals surface area (Å²) in [5.41, 5.74) is 3.78. The zero-order valence-electron chi connectivity index (χ0n) is 16.6. The number of methoxy groups -OCH3 is 2. The number of aromatic nitrogens is 1. The van der Waals surface area contributed by atoms with Crippen molar-refractivity contribution in [1.82, 2.24) is 10.1 Å². The first-order valence-corrected chi connectivity index (χ1v) is 9.02. The van der Waals surface area contributed by atoms with Gasteiger partial charge in [-0.2, -0.15) is 0 Å². The highest BCUT2D eigenvalue weighted by Gasteiger charge is 2.18. The smallest absolute Gasteiger partial charge is 0.292 e. The van der Waals surface area contributed by atoms with Crippen LogP contribution in [0.15, 0.2) is 53.1 Å². The highest BCUT2D eigenvalue weighted by molar-refractivity contribution is 5.92. The summed E-state index contributed by atoms with van der Waals surface area (Å²) in [7, 11) is 4.95. The Hall–Kier alpha value is -3.28. The number of nitrogens with zero attached hydrogens (tertiary/aromatic N) is 2. The van der Waals surface area contributed by atoms with E-state index in [1.807, 2.05) is 49.4 Å². The molecule has 0 aliphatic carbocycles. The number of hydrogen-bond donors (Lipinski definition) is 0. The molecule has 0 saturated heterocycles. The van der Waals surface area contributed by atoms with E-state index >= 15 is 0 Å². The number of amides is 1. The zero-order chi connectivity index (χ0) is 20.1. The number of rotatable bonds is 7. The molecule has 0 spiro atoms. The van der Waals surface area contributed by atoms with Crippen molar-refractivity contribution in [3.05, 3.63) is 65.4 Å². The van der Waals surface area contributed by atoms with Gasteiger partial charge in [0.25, 0.3) is 5.91 Å². The van der Waals surface area contributed by atoms with E-state index in [1.165, 1.54) is 5.56 Å². The minimum absolute atomic E-state index is 0.202. The van der Waals surface area contributed by atoms with Gasteiger partial charge in [0.1, 0.15) is 5.69 Å². The van der Waals surface area contributed by atoms with Gasteiger partial charge in [-0.3, -0.25) is 4.79 Å². The first kappa shape index (κ1) is 19.5. The SMILES string of the molecule is COc1ccc(CCN(C)C(=O)c2cc(-c3ccc(C)cc3)no2)cc1OC. The Morgan fingerprint density at radius 1 is 1.04 bits per heavy atom. The molecule has 0 saturated carbocycles. The Balaban J connectivity index is 1.64. The Morgan fingerprint density at radius 3 is 2.43 bits per heavy atom. The number of carbonyl (C=O) groups excluding carboxylic acids is 1. The largest absolute Gasteiger partial charge is 0.493 e. The van der Waals surface area contributed by atoms with E-state index < -0.39 is 0 Å². The average molecular weight is 380 g/mol. The van der Waals surface area contributed by atoms with Gasteiger partial charge in [-0.05, 0) is 31.0 Å². The second-order valence-electron chi connectivity index (χ2n) is 6.61. The molecule has 146 valence electrons. The summed E-state index contributed by atoms with van der Waals surface area (Å²) in [5.74, 6) is 1.38. The second-order valence-corrected chi connectivity index (χ2v) is 6.61. The van der Waals surface area contributed by atoms with Crippen LogP contribution in [0.2, 0.25) is 0 Å². The molecule has 3 rings (SSSR count). The lowest BCUT2D eigenvalue weighted by molar-refractivity contribution is 0.0755. The molecule has 0 aliphatic heterocycles. The molecule has 3 aromatic rings. The van der Waals surface area contributed by atoms with E-state index in [2.05, 4.69) is 5.16 Å². The molecule has 1 aromatic heterocycles. The minimum Gasteiger partial charge on any atom is -0.493 e. The lowest BCUT2D eigenvalue weighted by atomic mass is 10.1. The lowest BCUT2D eigenvalue weighted by Crippen LogP contribution is -2.28. The molecule has 6 nitrogen and oxygen atoms in total. The van der Waals surface area contributed by atoms with E-state index in [9.17, 15) is 4.79 Å². The summed E-state index contributed by atoms with van der Waals surface area (Å²) >= 11 is 0. The van der Waals surface area contributed by atoms with Gasteiger partial charge in [0.15, 0.2) is 11.5 Å². The first-order chi connectivity index (χ1) is 13.5. The van der Waals surface area contributed by atoms with Gasteiger partial charge >= 0.3 is 0 Å². The van der Waals surface area contributed by atoms with Crippen LogP contribution in [0.3, 0.4) is 0 Å². The van der Waals surface area contributed by atoms with Crippen molar-refractivity contribution in [3.8, 4) is 22.8 Å². The first-order valence-electron chi connectivity index (χ1n) is 9.02. The van der Waals surface area contributed by atoms with Gasteiger partial charge in [0.2, 0.25) is 5.76 Å². The molecule has 1 heterocycles. The molecule has 2 aromatic carbocycles. The topological polar surface area (TPSA) is 64.8 Å². The van der Waals surface area contributed by atoms with Crippen LogP contribution in [0.25, 0.3) is 11.3 Å². The summed E-state index contributed by atoms with van der Waals surface area (Å²) < 4.78 is 15.8. The molecular formula is C22H24N2O4. The normalized spacial score (nSPS) is 10.6. The van der Waals surface area contributed by atoms with Gasteiger partial charge in [0.05, 0.1) is 14.2 Å². The Labute approximate surface area is 164 Å². The number of likely N-dealkylation sites (N-methyl/N-ethyl adjacent to an activating group) is 1. The van der Waals surface area contributed by atoms with E-state index in [0.717, 1.165) is 11.1 Å². The monoisotopic (exact) mass is 380 g/mol. The van der Waals surface area contributed by atoms with Crippen LogP contribution in [-0.2, 0) is 6.42 Å². The summed E-state index contributed by atoms with van der Waals surface area (Å²) in [6.07, 6.45) is 0.682. The molecule has 0 atom stereocenters. The van der Waals surface area contributed by atoms with Gasteiger partial charge in [0, 0.05) is 25.2 Å². The van der Waals surface area contributed by atoms with Crippen LogP contribution in [-0.4, -0.2) is 43.8 Å². The zero-order valence-corrected chi connectivity index (χ0v) is 16.6. The Kier molecular flexibility index (Phi) is 5.99. The maximum atomic E-state index is 12.6. The van der Waals surface area contributed by atoms with E-state index in [-0.39, 0.29) is 11.7 Å². The summed E-state index contributed by atoms with van der Waals surface area (Å²) in [6, 6.07) is 15.3. The maximum Gasteiger partial charge on any atom is 0.292 e. The summed E-state index contributed by atoms with van der Waals surface area (Å²) in [5, 5.41) is 4.03. The van der Waals surface area contributed by atoms with Crippen LogP contribution >= 0.6 is 0 Å². The molecule has 0 unspecified atom stereocenters. The third kappa shape index (κ3) is 4.34. The van der Waals surface area contributed by atoms with Gasteiger partial charge in [-0.25, -0.2) is 0 Å². The van der Waals surface area contributed by atoms with Crippen molar-refractivity contribution in [2.75, 3.05) is 27.8 Å². The van der Waals surface area contributed by atoms with Crippen LogP contribution in [0.1, 0.15) is 21.7 Å². The van der Waals surface area contributed by atoms with E-state index in [1.54, 1.807) is 32.2 Å². The fourth-order valence-electron chi connectivity index (χ4n) is 2.86. The predicted octanol–water partition coefficient (Wildman–Crippen LogP) is 3.98.